The van der Waals surface area contributed by atoms with Gasteiger partial charge < -0.3 is 14.7 Å². The summed E-state index contributed by atoms with van der Waals surface area (Å²) >= 11 is 0. The number of hydrogen-bond donors (Lipinski definition) is 2. The zero-order chi connectivity index (χ0) is 21.2. The maximum atomic E-state index is 12.8. The van der Waals surface area contributed by atoms with Crippen molar-refractivity contribution >= 4 is 17.8 Å². The van der Waals surface area contributed by atoms with Crippen LogP contribution in [0.25, 0.3) is 0 Å². The van der Waals surface area contributed by atoms with E-state index >= 15 is 0 Å². The van der Waals surface area contributed by atoms with Gasteiger partial charge in [0.1, 0.15) is 12.1 Å². The number of amides is 1. The molecule has 0 aromatic heterocycles. The smallest absolute Gasteiger partial charge is 0.326 e. The van der Waals surface area contributed by atoms with Gasteiger partial charge in [-0.1, -0.05) is 43.7 Å². The number of unbranched alkanes of at least 4 members (excludes halogenated alkanes) is 1. The van der Waals surface area contributed by atoms with Gasteiger partial charge in [0, 0.05) is 6.54 Å². The fourth-order valence-electron chi connectivity index (χ4n) is 3.55. The molecular weight excluding hydrogens is 372 g/mol. The fraction of sp³-hybridized carbons (Fsp3) is 0.591. The van der Waals surface area contributed by atoms with Crippen LogP contribution in [0.1, 0.15) is 51.5 Å². The van der Waals surface area contributed by atoms with Crippen LogP contribution in [0.4, 0.5) is 0 Å². The summed E-state index contributed by atoms with van der Waals surface area (Å²) in [5.41, 5.74) is 1.10. The van der Waals surface area contributed by atoms with Crippen molar-refractivity contribution in [2.45, 2.75) is 70.5 Å². The quantitative estimate of drug-likeness (QED) is 0.434. The highest BCUT2D eigenvalue weighted by Gasteiger charge is 2.37. The van der Waals surface area contributed by atoms with Crippen molar-refractivity contribution in [1.82, 2.24) is 10.2 Å². The third-order valence-electron chi connectivity index (χ3n) is 5.23. The van der Waals surface area contributed by atoms with Crippen molar-refractivity contribution in [1.29, 1.82) is 0 Å². The maximum absolute atomic E-state index is 12.8. The average Bonchev–Trinajstić information content (AvgIpc) is 3.21. The molecule has 1 saturated heterocycles. The van der Waals surface area contributed by atoms with Crippen molar-refractivity contribution in [3.05, 3.63) is 35.9 Å². The molecule has 1 fully saturated rings. The molecule has 160 valence electrons. The number of aliphatic carboxylic acids is 1. The van der Waals surface area contributed by atoms with E-state index in [1.54, 1.807) is 6.92 Å². The summed E-state index contributed by atoms with van der Waals surface area (Å²) in [5, 5.41) is 12.4. The summed E-state index contributed by atoms with van der Waals surface area (Å²) in [4.78, 5) is 38.2. The second-order valence-corrected chi connectivity index (χ2v) is 7.51. The largest absolute Gasteiger partial charge is 0.480 e. The number of nitrogens with one attached hydrogen (secondary N) is 1. The molecule has 7 nitrogen and oxygen atoms in total. The van der Waals surface area contributed by atoms with Gasteiger partial charge in [0.2, 0.25) is 5.91 Å². The topological polar surface area (TPSA) is 95.9 Å². The first-order valence-electron chi connectivity index (χ1n) is 10.4. The summed E-state index contributed by atoms with van der Waals surface area (Å²) in [5.74, 6) is -1.64. The number of ether oxygens (including phenoxy) is 1. The molecule has 1 amide bonds. The number of benzene rings is 1. The Hall–Kier alpha value is -2.41. The van der Waals surface area contributed by atoms with Gasteiger partial charge in [-0.05, 0) is 44.6 Å². The molecule has 1 aromatic carbocycles. The van der Waals surface area contributed by atoms with Crippen LogP contribution in [0.2, 0.25) is 0 Å². The Labute approximate surface area is 172 Å². The highest BCUT2D eigenvalue weighted by molar-refractivity contribution is 5.88. The SMILES string of the molecule is CCCCOC(=O)C(CCc1ccccc1)N[C@@H](C)C(=O)N1CCC[C@H]1C(=O)O. The number of carbonyl (C=O) groups excluding carboxylic acids is 2. The Kier molecular flexibility index (Phi) is 9.12. The molecule has 1 aromatic rings. The van der Waals surface area contributed by atoms with E-state index in [4.69, 9.17) is 4.74 Å². The number of nitrogens with zero attached hydrogens (tertiary/aromatic N) is 1. The zero-order valence-electron chi connectivity index (χ0n) is 17.3. The molecule has 0 radical (unpaired) electrons. The van der Waals surface area contributed by atoms with E-state index in [-0.39, 0.29) is 11.9 Å². The van der Waals surface area contributed by atoms with E-state index in [1.807, 2.05) is 37.3 Å². The highest BCUT2D eigenvalue weighted by atomic mass is 16.5. The molecule has 7 heteroatoms. The molecule has 0 saturated carbocycles. The van der Waals surface area contributed by atoms with Gasteiger partial charge in [-0.15, -0.1) is 0 Å². The first-order valence-corrected chi connectivity index (χ1v) is 10.4. The summed E-state index contributed by atoms with van der Waals surface area (Å²) < 4.78 is 5.38. The highest BCUT2D eigenvalue weighted by Crippen LogP contribution is 2.19. The molecule has 2 rings (SSSR count). The molecule has 1 aliphatic rings. The van der Waals surface area contributed by atoms with E-state index in [1.165, 1.54) is 4.90 Å². The Morgan fingerprint density at radius 3 is 2.66 bits per heavy atom. The number of hydrogen-bond acceptors (Lipinski definition) is 5. The molecule has 0 bridgehead atoms. The molecular formula is C22H32N2O5. The van der Waals surface area contributed by atoms with E-state index in [9.17, 15) is 19.5 Å². The number of aryl methyl sites for hydroxylation is 1. The van der Waals surface area contributed by atoms with Crippen LogP contribution in [0.3, 0.4) is 0 Å². The van der Waals surface area contributed by atoms with Crippen LogP contribution in [0.15, 0.2) is 30.3 Å². The van der Waals surface area contributed by atoms with Crippen LogP contribution in [0, 0.1) is 0 Å². The van der Waals surface area contributed by atoms with Gasteiger partial charge in [0.15, 0.2) is 0 Å². The predicted molar refractivity (Wildman–Crippen MR) is 109 cm³/mol. The van der Waals surface area contributed by atoms with Gasteiger partial charge in [-0.2, -0.15) is 0 Å². The lowest BCUT2D eigenvalue weighted by atomic mass is 10.0. The second-order valence-electron chi connectivity index (χ2n) is 7.51. The first-order chi connectivity index (χ1) is 13.9. The Morgan fingerprint density at radius 2 is 2.00 bits per heavy atom. The van der Waals surface area contributed by atoms with Crippen molar-refractivity contribution in [3.63, 3.8) is 0 Å². The molecule has 3 atom stereocenters. The molecule has 1 heterocycles. The van der Waals surface area contributed by atoms with E-state index in [0.29, 0.717) is 38.8 Å². The van der Waals surface area contributed by atoms with Gasteiger partial charge in [0.25, 0.3) is 0 Å². The van der Waals surface area contributed by atoms with Gasteiger partial charge in [-0.25, -0.2) is 4.79 Å². The molecule has 0 aliphatic carbocycles. The predicted octanol–water partition coefficient (Wildman–Crippen LogP) is 2.38. The molecule has 0 spiro atoms. The average molecular weight is 405 g/mol. The van der Waals surface area contributed by atoms with Gasteiger partial charge in [0.05, 0.1) is 12.6 Å². The number of carbonyl (C=O) groups is 3. The van der Waals surface area contributed by atoms with Gasteiger partial charge >= 0.3 is 11.9 Å². The number of likely N-dealkylation sites (tertiary alicyclic amines) is 1. The van der Waals surface area contributed by atoms with E-state index < -0.39 is 24.1 Å². The second kappa shape index (κ2) is 11.6. The summed E-state index contributed by atoms with van der Waals surface area (Å²) in [6, 6.07) is 7.74. The molecule has 2 N–H and O–H groups in total. The standard InChI is InChI=1S/C22H32N2O5/c1-3-4-15-29-22(28)18(13-12-17-9-6-5-7-10-17)23-16(2)20(25)24-14-8-11-19(24)21(26)27/h5-7,9-10,16,18-19,23H,3-4,8,11-15H2,1-2H3,(H,26,27)/t16-,18?,19-/m0/s1. The normalized spacial score (nSPS) is 18.3. The van der Waals surface area contributed by atoms with E-state index in [2.05, 4.69) is 5.32 Å². The van der Waals surface area contributed by atoms with Crippen LogP contribution in [0.5, 0.6) is 0 Å². The van der Waals surface area contributed by atoms with Crippen LogP contribution < -0.4 is 5.32 Å². The molecule has 29 heavy (non-hydrogen) atoms. The van der Waals surface area contributed by atoms with Crippen molar-refractivity contribution in [2.24, 2.45) is 0 Å². The van der Waals surface area contributed by atoms with Crippen molar-refractivity contribution < 1.29 is 24.2 Å². The van der Waals surface area contributed by atoms with Crippen LogP contribution in [-0.4, -0.2) is 59.1 Å². The zero-order valence-corrected chi connectivity index (χ0v) is 17.3. The van der Waals surface area contributed by atoms with Crippen molar-refractivity contribution in [3.8, 4) is 0 Å². The first kappa shape index (κ1) is 22.9. The number of rotatable bonds is 11. The Morgan fingerprint density at radius 1 is 1.28 bits per heavy atom. The minimum atomic E-state index is -0.984. The van der Waals surface area contributed by atoms with Crippen molar-refractivity contribution in [2.75, 3.05) is 13.2 Å². The Bertz CT molecular complexity index is 679. The lowest BCUT2D eigenvalue weighted by Gasteiger charge is -2.28. The molecule has 1 unspecified atom stereocenters. The Balaban J connectivity index is 2.01. The third kappa shape index (κ3) is 6.85. The fourth-order valence-corrected chi connectivity index (χ4v) is 3.55. The monoisotopic (exact) mass is 404 g/mol. The minimum Gasteiger partial charge on any atom is -0.480 e. The number of carboxylic acid groups (broad SMARTS) is 1. The third-order valence-corrected chi connectivity index (χ3v) is 5.23. The summed E-state index contributed by atoms with van der Waals surface area (Å²) in [6.07, 6.45) is 4.02. The molecule has 1 aliphatic heterocycles. The summed E-state index contributed by atoms with van der Waals surface area (Å²) in [7, 11) is 0. The lowest BCUT2D eigenvalue weighted by molar-refractivity contribution is -0.150. The van der Waals surface area contributed by atoms with Crippen LogP contribution >= 0.6 is 0 Å². The van der Waals surface area contributed by atoms with Crippen LogP contribution in [-0.2, 0) is 25.5 Å². The number of carboxylic acids is 1. The maximum Gasteiger partial charge on any atom is 0.326 e. The minimum absolute atomic E-state index is 0.291. The van der Waals surface area contributed by atoms with Gasteiger partial charge in [-0.3, -0.25) is 14.9 Å². The lowest BCUT2D eigenvalue weighted by Crippen LogP contribution is -2.53. The summed E-state index contributed by atoms with van der Waals surface area (Å²) in [6.45, 7) is 4.48. The number of esters is 1. The van der Waals surface area contributed by atoms with E-state index in [0.717, 1.165) is 18.4 Å².